The van der Waals surface area contributed by atoms with Gasteiger partial charge in [-0.05, 0) is 45.7 Å². The lowest BCUT2D eigenvalue weighted by Gasteiger charge is -2.40. The third-order valence-corrected chi connectivity index (χ3v) is 5.57. The molecule has 1 aliphatic heterocycles. The van der Waals surface area contributed by atoms with Gasteiger partial charge in [0.05, 0.1) is 6.42 Å². The van der Waals surface area contributed by atoms with Crippen LogP contribution in [-0.4, -0.2) is 53.1 Å². The molecular weight excluding hydrogens is 336 g/mol. The van der Waals surface area contributed by atoms with Crippen molar-refractivity contribution in [1.29, 1.82) is 0 Å². The highest BCUT2D eigenvalue weighted by molar-refractivity contribution is 7.12. The van der Waals surface area contributed by atoms with Crippen molar-refractivity contribution < 1.29 is 14.3 Å². The van der Waals surface area contributed by atoms with Crippen LogP contribution >= 0.6 is 11.3 Å². The van der Waals surface area contributed by atoms with Crippen molar-refractivity contribution in [2.75, 3.05) is 19.6 Å². The van der Waals surface area contributed by atoms with Gasteiger partial charge in [-0.15, -0.1) is 11.3 Å². The number of rotatable bonds is 3. The highest BCUT2D eigenvalue weighted by Crippen LogP contribution is 2.25. The van der Waals surface area contributed by atoms with Crippen molar-refractivity contribution in [2.45, 2.75) is 65.5 Å². The normalized spacial score (nSPS) is 18.6. The van der Waals surface area contributed by atoms with Crippen molar-refractivity contribution in [3.05, 3.63) is 21.9 Å². The van der Waals surface area contributed by atoms with E-state index in [1.807, 2.05) is 32.6 Å². The minimum absolute atomic E-state index is 0.0397. The number of nitrogens with zero attached hydrogens (tertiary/aromatic N) is 2. The largest absolute Gasteiger partial charge is 0.444 e. The Morgan fingerprint density at radius 2 is 1.96 bits per heavy atom. The third kappa shape index (κ3) is 5.46. The molecule has 0 aromatic carbocycles. The van der Waals surface area contributed by atoms with Gasteiger partial charge < -0.3 is 14.5 Å². The SMILES string of the molecule is CC(C)c1ccc(CC(=O)N2CCN(C(=O)OC(C)(C)C)[C@@H](C)C2)s1. The van der Waals surface area contributed by atoms with Gasteiger partial charge in [0.2, 0.25) is 5.91 Å². The maximum atomic E-state index is 12.6. The predicted octanol–water partition coefficient (Wildman–Crippen LogP) is 3.88. The van der Waals surface area contributed by atoms with Gasteiger partial charge in [-0.25, -0.2) is 4.79 Å². The quantitative estimate of drug-likeness (QED) is 0.816. The molecule has 0 bridgehead atoms. The van der Waals surface area contributed by atoms with E-state index in [1.165, 1.54) is 4.88 Å². The minimum Gasteiger partial charge on any atom is -0.444 e. The van der Waals surface area contributed by atoms with Crippen LogP contribution in [0.3, 0.4) is 0 Å². The zero-order valence-electron chi connectivity index (χ0n) is 16.2. The van der Waals surface area contributed by atoms with Crippen LogP contribution in [-0.2, 0) is 16.0 Å². The van der Waals surface area contributed by atoms with Crippen LogP contribution in [0.25, 0.3) is 0 Å². The van der Waals surface area contributed by atoms with Crippen molar-refractivity contribution in [1.82, 2.24) is 9.80 Å². The second-order valence-electron chi connectivity index (χ2n) is 8.00. The van der Waals surface area contributed by atoms with E-state index in [1.54, 1.807) is 16.2 Å². The Balaban J connectivity index is 1.90. The zero-order chi connectivity index (χ0) is 18.8. The average molecular weight is 367 g/mol. The number of ether oxygens (including phenoxy) is 1. The molecule has 0 saturated carbocycles. The summed E-state index contributed by atoms with van der Waals surface area (Å²) in [6, 6.07) is 4.13. The molecule has 2 heterocycles. The molecule has 25 heavy (non-hydrogen) atoms. The summed E-state index contributed by atoms with van der Waals surface area (Å²) >= 11 is 1.71. The lowest BCUT2D eigenvalue weighted by Crippen LogP contribution is -2.56. The van der Waals surface area contributed by atoms with E-state index in [9.17, 15) is 9.59 Å². The molecule has 140 valence electrons. The summed E-state index contributed by atoms with van der Waals surface area (Å²) in [5.74, 6) is 0.624. The molecule has 1 saturated heterocycles. The van der Waals surface area contributed by atoms with E-state index in [4.69, 9.17) is 4.74 Å². The number of piperazine rings is 1. The summed E-state index contributed by atoms with van der Waals surface area (Å²) in [5, 5.41) is 0. The molecule has 0 aliphatic carbocycles. The number of hydrogen-bond donors (Lipinski definition) is 0. The van der Waals surface area contributed by atoms with E-state index in [2.05, 4.69) is 26.0 Å². The van der Waals surface area contributed by atoms with E-state index in [0.717, 1.165) is 4.88 Å². The highest BCUT2D eigenvalue weighted by Gasteiger charge is 2.32. The maximum absolute atomic E-state index is 12.6. The van der Waals surface area contributed by atoms with Gasteiger partial charge in [0.25, 0.3) is 0 Å². The minimum atomic E-state index is -0.503. The van der Waals surface area contributed by atoms with E-state index >= 15 is 0 Å². The van der Waals surface area contributed by atoms with E-state index in [0.29, 0.717) is 32.0 Å². The van der Waals surface area contributed by atoms with Gasteiger partial charge >= 0.3 is 6.09 Å². The first-order valence-corrected chi connectivity index (χ1v) is 9.74. The fourth-order valence-corrected chi connectivity index (χ4v) is 3.84. The van der Waals surface area contributed by atoms with Crippen LogP contribution in [0.5, 0.6) is 0 Å². The standard InChI is InChI=1S/C19H30N2O3S/c1-13(2)16-8-7-15(25-16)11-17(22)20-9-10-21(14(3)12-20)18(23)24-19(4,5)6/h7-8,13-14H,9-12H2,1-6H3/t14-/m0/s1. The summed E-state index contributed by atoms with van der Waals surface area (Å²) in [5.41, 5.74) is -0.503. The van der Waals surface area contributed by atoms with Crippen LogP contribution in [0.2, 0.25) is 0 Å². The number of carbonyl (C=O) groups excluding carboxylic acids is 2. The molecule has 0 unspecified atom stereocenters. The Hall–Kier alpha value is -1.56. The fraction of sp³-hybridized carbons (Fsp3) is 0.684. The first-order chi connectivity index (χ1) is 11.6. The summed E-state index contributed by atoms with van der Waals surface area (Å²) < 4.78 is 5.45. The molecule has 0 radical (unpaired) electrons. The van der Waals surface area contributed by atoms with Gasteiger partial charge in [-0.2, -0.15) is 0 Å². The molecule has 1 aromatic rings. The van der Waals surface area contributed by atoms with Crippen molar-refractivity contribution >= 4 is 23.3 Å². The smallest absolute Gasteiger partial charge is 0.410 e. The average Bonchev–Trinajstić information content (AvgIpc) is 2.93. The molecule has 1 aliphatic rings. The molecule has 1 fully saturated rings. The van der Waals surface area contributed by atoms with E-state index in [-0.39, 0.29) is 18.0 Å². The highest BCUT2D eigenvalue weighted by atomic mass is 32.1. The molecule has 1 atom stereocenters. The van der Waals surface area contributed by atoms with Gasteiger partial charge in [0.15, 0.2) is 0 Å². The zero-order valence-corrected chi connectivity index (χ0v) is 17.0. The molecule has 2 amide bonds. The Kier molecular flexibility index (Phi) is 6.14. The molecule has 6 heteroatoms. The van der Waals surface area contributed by atoms with Gasteiger partial charge in [-0.1, -0.05) is 13.8 Å². The van der Waals surface area contributed by atoms with Crippen molar-refractivity contribution in [3.8, 4) is 0 Å². The Morgan fingerprint density at radius 1 is 1.28 bits per heavy atom. The third-order valence-electron chi connectivity index (χ3n) is 4.19. The summed E-state index contributed by atoms with van der Waals surface area (Å²) in [6.07, 6.45) is 0.142. The lowest BCUT2D eigenvalue weighted by molar-refractivity contribution is -0.133. The van der Waals surface area contributed by atoms with Gasteiger partial charge in [0.1, 0.15) is 5.60 Å². The maximum Gasteiger partial charge on any atom is 0.410 e. The topological polar surface area (TPSA) is 49.9 Å². The number of amides is 2. The molecule has 0 spiro atoms. The predicted molar refractivity (Wildman–Crippen MR) is 101 cm³/mol. The second-order valence-corrected chi connectivity index (χ2v) is 9.20. The van der Waals surface area contributed by atoms with E-state index < -0.39 is 5.60 Å². The molecule has 1 aromatic heterocycles. The lowest BCUT2D eigenvalue weighted by atomic mass is 10.1. The Morgan fingerprint density at radius 3 is 2.48 bits per heavy atom. The number of carbonyl (C=O) groups is 2. The molecule has 0 N–H and O–H groups in total. The second kappa shape index (κ2) is 7.77. The molecule has 5 nitrogen and oxygen atoms in total. The van der Waals surface area contributed by atoms with Crippen LogP contribution in [0.4, 0.5) is 4.79 Å². The summed E-state index contributed by atoms with van der Waals surface area (Å²) in [6.45, 7) is 13.5. The number of hydrogen-bond acceptors (Lipinski definition) is 4. The number of thiophene rings is 1. The first-order valence-electron chi connectivity index (χ1n) is 8.93. The van der Waals surface area contributed by atoms with Crippen molar-refractivity contribution in [2.24, 2.45) is 0 Å². The monoisotopic (exact) mass is 366 g/mol. The molecule has 2 rings (SSSR count). The van der Waals surface area contributed by atoms with Crippen LogP contribution < -0.4 is 0 Å². The van der Waals surface area contributed by atoms with Crippen LogP contribution in [0.1, 0.15) is 57.2 Å². The van der Waals surface area contributed by atoms with Crippen molar-refractivity contribution in [3.63, 3.8) is 0 Å². The Labute approximate surface area is 154 Å². The Bertz CT molecular complexity index is 618. The van der Waals surface area contributed by atoms with Gasteiger partial charge in [-0.3, -0.25) is 4.79 Å². The van der Waals surface area contributed by atoms with Crippen LogP contribution in [0.15, 0.2) is 12.1 Å². The fourth-order valence-electron chi connectivity index (χ4n) is 2.84. The first kappa shape index (κ1) is 19.8. The summed E-state index contributed by atoms with van der Waals surface area (Å²) in [4.78, 5) is 30.9. The van der Waals surface area contributed by atoms with Crippen LogP contribution in [0, 0.1) is 0 Å². The summed E-state index contributed by atoms with van der Waals surface area (Å²) in [7, 11) is 0. The van der Waals surface area contributed by atoms with Gasteiger partial charge in [0, 0.05) is 35.4 Å². The molecular formula is C19H30N2O3S.